The molecule has 4 amide bonds. The van der Waals surface area contributed by atoms with Crippen LogP contribution in [0.5, 0.6) is 0 Å². The van der Waals surface area contributed by atoms with Crippen molar-refractivity contribution in [1.82, 2.24) is 21.6 Å². The minimum Gasteiger partial charge on any atom is -0.481 e. The van der Waals surface area contributed by atoms with Gasteiger partial charge in [-0.15, -0.1) is 0 Å². The molecule has 0 heterocycles. The van der Waals surface area contributed by atoms with E-state index < -0.39 is 60.6 Å². The lowest BCUT2D eigenvalue weighted by atomic mass is 10.1. The summed E-state index contributed by atoms with van der Waals surface area (Å²) in [7, 11) is 0. The average Bonchev–Trinajstić information content (AvgIpc) is 2.85. The van der Waals surface area contributed by atoms with Crippen molar-refractivity contribution in [3.05, 3.63) is 35.4 Å². The minimum absolute atomic E-state index is 0.0777. The first-order chi connectivity index (χ1) is 17.8. The number of rotatable bonds is 16. The summed E-state index contributed by atoms with van der Waals surface area (Å²) in [6, 6.07) is 5.16. The highest BCUT2D eigenvalue weighted by atomic mass is 16.7. The molecule has 2 atom stereocenters. The van der Waals surface area contributed by atoms with Crippen molar-refractivity contribution in [2.75, 3.05) is 13.1 Å². The monoisotopic (exact) mass is 538 g/mol. The van der Waals surface area contributed by atoms with Crippen LogP contribution in [0.4, 0.5) is 0 Å². The molecule has 0 saturated carbocycles. The van der Waals surface area contributed by atoms with Crippen molar-refractivity contribution >= 4 is 35.6 Å². The number of nitrogens with one attached hydrogen (secondary N) is 4. The van der Waals surface area contributed by atoms with Gasteiger partial charge in [0.15, 0.2) is 12.2 Å². The molecule has 210 valence electrons. The third kappa shape index (κ3) is 12.3. The van der Waals surface area contributed by atoms with Crippen molar-refractivity contribution < 1.29 is 48.7 Å². The quantitative estimate of drug-likeness (QED) is 0.158. The molecular formula is C24H34N4O10. The molecule has 0 aliphatic rings. The topological polar surface area (TPSA) is 209 Å². The van der Waals surface area contributed by atoms with Crippen LogP contribution in [0.25, 0.3) is 0 Å². The van der Waals surface area contributed by atoms with E-state index in [-0.39, 0.29) is 36.1 Å². The van der Waals surface area contributed by atoms with Gasteiger partial charge in [0.2, 0.25) is 0 Å². The molecule has 6 N–H and O–H groups in total. The van der Waals surface area contributed by atoms with E-state index in [1.54, 1.807) is 0 Å². The highest BCUT2D eigenvalue weighted by Gasteiger charge is 2.26. The Bertz CT molecular complexity index is 936. The lowest BCUT2D eigenvalue weighted by Gasteiger charge is -2.17. The first-order valence-corrected chi connectivity index (χ1v) is 11.8. The second kappa shape index (κ2) is 15.9. The van der Waals surface area contributed by atoms with Gasteiger partial charge in [0.25, 0.3) is 23.6 Å². The van der Waals surface area contributed by atoms with Crippen molar-refractivity contribution in [2.45, 2.75) is 52.7 Å². The third-order valence-electron chi connectivity index (χ3n) is 4.65. The van der Waals surface area contributed by atoms with Gasteiger partial charge in [-0.05, 0) is 30.0 Å². The molecule has 0 aromatic heterocycles. The van der Waals surface area contributed by atoms with Crippen LogP contribution in [-0.4, -0.2) is 71.1 Å². The number of amides is 4. The molecule has 1 aromatic carbocycles. The van der Waals surface area contributed by atoms with Crippen LogP contribution >= 0.6 is 0 Å². The molecule has 0 unspecified atom stereocenters. The van der Waals surface area contributed by atoms with E-state index in [4.69, 9.17) is 19.9 Å². The number of aliphatic carboxylic acids is 2. The first kappa shape index (κ1) is 32.0. The zero-order chi connectivity index (χ0) is 28.8. The summed E-state index contributed by atoms with van der Waals surface area (Å²) < 4.78 is 0. The normalized spacial score (nSPS) is 12.4. The minimum atomic E-state index is -1.50. The predicted octanol–water partition coefficient (Wildman–Crippen LogP) is 0.240. The van der Waals surface area contributed by atoms with Crippen LogP contribution in [0.1, 0.15) is 61.3 Å². The highest BCUT2D eigenvalue weighted by molar-refractivity contribution is 5.99. The van der Waals surface area contributed by atoms with Gasteiger partial charge in [0, 0.05) is 24.2 Å². The van der Waals surface area contributed by atoms with E-state index in [1.807, 2.05) is 38.7 Å². The standard InChI is InChI=1S/C24H34N4O10/c1-13(2)11-25-23(35)17(9-19(29)30)37-27-21(33)15-6-5-7-16(8-15)22(34)28-38-18(10-20(31)32)24(36)26-12-14(3)4/h5-8,13-14,17-18H,9-12H2,1-4H3,(H,25,35)(H,26,36)(H,27,33)(H,28,34)(H,29,30)(H,31,32)/t17-,18-/m1/s1. The van der Waals surface area contributed by atoms with Crippen molar-refractivity contribution in [1.29, 1.82) is 0 Å². The maximum absolute atomic E-state index is 12.5. The van der Waals surface area contributed by atoms with E-state index in [0.717, 1.165) is 6.07 Å². The van der Waals surface area contributed by atoms with E-state index in [9.17, 15) is 28.8 Å². The molecule has 1 aromatic rings. The van der Waals surface area contributed by atoms with E-state index in [0.29, 0.717) is 0 Å². The largest absolute Gasteiger partial charge is 0.481 e. The average molecular weight is 539 g/mol. The smallest absolute Gasteiger partial charge is 0.306 e. The Labute approximate surface area is 219 Å². The fourth-order valence-electron chi connectivity index (χ4n) is 2.70. The first-order valence-electron chi connectivity index (χ1n) is 11.8. The van der Waals surface area contributed by atoms with Crippen LogP contribution in [-0.2, 0) is 28.9 Å². The van der Waals surface area contributed by atoms with Gasteiger partial charge >= 0.3 is 11.9 Å². The van der Waals surface area contributed by atoms with Crippen molar-refractivity contribution in [2.24, 2.45) is 11.8 Å². The van der Waals surface area contributed by atoms with Gasteiger partial charge in [0.1, 0.15) is 0 Å². The van der Waals surface area contributed by atoms with Crippen LogP contribution in [0, 0.1) is 11.8 Å². The van der Waals surface area contributed by atoms with Gasteiger partial charge in [-0.2, -0.15) is 0 Å². The van der Waals surface area contributed by atoms with Crippen LogP contribution in [0.15, 0.2) is 24.3 Å². The van der Waals surface area contributed by atoms with Crippen LogP contribution in [0.3, 0.4) is 0 Å². The van der Waals surface area contributed by atoms with Gasteiger partial charge in [0.05, 0.1) is 12.8 Å². The second-order valence-corrected chi connectivity index (χ2v) is 9.13. The van der Waals surface area contributed by atoms with Gasteiger partial charge < -0.3 is 20.8 Å². The molecule has 0 saturated heterocycles. The maximum Gasteiger partial charge on any atom is 0.306 e. The Morgan fingerprint density at radius 3 is 1.39 bits per heavy atom. The third-order valence-corrected chi connectivity index (χ3v) is 4.65. The predicted molar refractivity (Wildman–Crippen MR) is 131 cm³/mol. The molecule has 0 aliphatic heterocycles. The number of hydroxylamine groups is 2. The van der Waals surface area contributed by atoms with E-state index in [1.165, 1.54) is 18.2 Å². The summed E-state index contributed by atoms with van der Waals surface area (Å²) in [6.45, 7) is 7.93. The summed E-state index contributed by atoms with van der Waals surface area (Å²) in [6.07, 6.45) is -4.40. The van der Waals surface area contributed by atoms with E-state index in [2.05, 4.69) is 10.6 Å². The zero-order valence-electron chi connectivity index (χ0n) is 21.6. The molecule has 38 heavy (non-hydrogen) atoms. The second-order valence-electron chi connectivity index (χ2n) is 9.13. The number of carboxylic acid groups (broad SMARTS) is 2. The Kier molecular flexibility index (Phi) is 13.4. The van der Waals surface area contributed by atoms with Gasteiger partial charge in [-0.3, -0.25) is 38.4 Å². The number of hydrogen-bond donors (Lipinski definition) is 6. The van der Waals surface area contributed by atoms with Gasteiger partial charge in [-0.1, -0.05) is 33.8 Å². The molecule has 0 spiro atoms. The SMILES string of the molecule is CC(C)CNC(=O)[C@@H](CC(=O)O)ONC(=O)c1cccc(C(=O)NO[C@H](CC(=O)O)C(=O)NCC(C)C)c1. The summed E-state index contributed by atoms with van der Waals surface area (Å²) in [5.41, 5.74) is 3.85. The van der Waals surface area contributed by atoms with Crippen LogP contribution in [0.2, 0.25) is 0 Å². The summed E-state index contributed by atoms with van der Waals surface area (Å²) >= 11 is 0. The fourth-order valence-corrected chi connectivity index (χ4v) is 2.70. The maximum atomic E-state index is 12.5. The molecule has 0 radical (unpaired) electrons. The molecule has 14 heteroatoms. The molecule has 0 bridgehead atoms. The Hall–Kier alpha value is -4.04. The lowest BCUT2D eigenvalue weighted by molar-refractivity contribution is -0.149. The van der Waals surface area contributed by atoms with Crippen molar-refractivity contribution in [3.63, 3.8) is 0 Å². The highest BCUT2D eigenvalue weighted by Crippen LogP contribution is 2.08. The van der Waals surface area contributed by atoms with Crippen molar-refractivity contribution in [3.8, 4) is 0 Å². The Morgan fingerprint density at radius 2 is 1.08 bits per heavy atom. The Morgan fingerprint density at radius 1 is 0.711 bits per heavy atom. The molecule has 0 fully saturated rings. The summed E-state index contributed by atoms with van der Waals surface area (Å²) in [5.74, 6) is -5.62. The number of hydrogen-bond acceptors (Lipinski definition) is 8. The molecule has 14 nitrogen and oxygen atoms in total. The van der Waals surface area contributed by atoms with Gasteiger partial charge in [-0.25, -0.2) is 11.0 Å². The number of carbonyl (C=O) groups excluding carboxylic acids is 4. The number of carbonyl (C=O) groups is 6. The number of benzene rings is 1. The lowest BCUT2D eigenvalue weighted by Crippen LogP contribution is -2.43. The summed E-state index contributed by atoms with van der Waals surface area (Å²) in [4.78, 5) is 81.6. The molecule has 0 aliphatic carbocycles. The number of carboxylic acids is 2. The summed E-state index contributed by atoms with van der Waals surface area (Å²) in [5, 5.41) is 23.1. The van der Waals surface area contributed by atoms with E-state index >= 15 is 0 Å². The molecular weight excluding hydrogens is 504 g/mol. The van der Waals surface area contributed by atoms with Crippen LogP contribution < -0.4 is 21.6 Å². The fraction of sp³-hybridized carbons (Fsp3) is 0.500. The Balaban J connectivity index is 2.82. The zero-order valence-corrected chi connectivity index (χ0v) is 21.6. The molecule has 1 rings (SSSR count).